The number of hydrogen-bond acceptors (Lipinski definition) is 4. The fourth-order valence-electron chi connectivity index (χ4n) is 2.07. The number of hydrogen-bond donors (Lipinski definition) is 2. The highest BCUT2D eigenvalue weighted by molar-refractivity contribution is 5.74. The van der Waals surface area contributed by atoms with Gasteiger partial charge in [0.05, 0.1) is 0 Å². The van der Waals surface area contributed by atoms with E-state index < -0.39 is 0 Å². The van der Waals surface area contributed by atoms with Gasteiger partial charge in [-0.15, -0.1) is 0 Å². The number of nitrogens with two attached hydrogens (primary N) is 1. The van der Waals surface area contributed by atoms with Gasteiger partial charge in [-0.2, -0.15) is 4.98 Å². The summed E-state index contributed by atoms with van der Waals surface area (Å²) in [5.41, 5.74) is 7.69. The first-order valence-electron chi connectivity index (χ1n) is 6.52. The third kappa shape index (κ3) is 2.48. The monoisotopic (exact) mass is 247 g/mol. The molecule has 0 atom stereocenters. The van der Waals surface area contributed by atoms with E-state index in [-0.39, 0.29) is 5.41 Å². The number of fused-ring (bicyclic) bond motifs is 1. The molecule has 0 saturated carbocycles. The number of benzene rings is 1. The number of rotatable bonds is 6. The predicted molar refractivity (Wildman–Crippen MR) is 74.6 cm³/mol. The first kappa shape index (κ1) is 12.9. The van der Waals surface area contributed by atoms with Crippen LogP contribution >= 0.6 is 0 Å². The van der Waals surface area contributed by atoms with Crippen molar-refractivity contribution < 1.29 is 4.42 Å². The van der Waals surface area contributed by atoms with Crippen LogP contribution in [0.2, 0.25) is 0 Å². The minimum atomic E-state index is 0.126. The van der Waals surface area contributed by atoms with Gasteiger partial charge in [0.2, 0.25) is 0 Å². The van der Waals surface area contributed by atoms with Crippen LogP contribution in [0.3, 0.4) is 0 Å². The number of aromatic nitrogens is 1. The van der Waals surface area contributed by atoms with Gasteiger partial charge in [-0.25, -0.2) is 0 Å². The molecule has 0 amide bonds. The van der Waals surface area contributed by atoms with Gasteiger partial charge in [-0.05, 0) is 36.9 Å². The van der Waals surface area contributed by atoms with E-state index in [2.05, 4.69) is 24.1 Å². The van der Waals surface area contributed by atoms with Crippen LogP contribution in [-0.2, 0) is 0 Å². The highest BCUT2D eigenvalue weighted by Crippen LogP contribution is 2.26. The molecule has 0 radical (unpaired) electrons. The molecule has 2 rings (SSSR count). The molecule has 18 heavy (non-hydrogen) atoms. The lowest BCUT2D eigenvalue weighted by Crippen LogP contribution is -2.36. The number of oxazole rings is 1. The Morgan fingerprint density at radius 1 is 1.28 bits per heavy atom. The van der Waals surface area contributed by atoms with E-state index in [1.807, 2.05) is 24.3 Å². The predicted octanol–water partition coefficient (Wildman–Crippen LogP) is 3.00. The van der Waals surface area contributed by atoms with E-state index in [1.54, 1.807) is 0 Å². The van der Waals surface area contributed by atoms with Crippen molar-refractivity contribution in [3.8, 4) is 0 Å². The fraction of sp³-hybridized carbons (Fsp3) is 0.500. The zero-order valence-corrected chi connectivity index (χ0v) is 11.1. The summed E-state index contributed by atoms with van der Waals surface area (Å²) in [6.07, 6.45) is 2.10. The quantitative estimate of drug-likeness (QED) is 0.823. The number of nitrogens with zero attached hydrogens (tertiary/aromatic N) is 1. The topological polar surface area (TPSA) is 64.1 Å². The van der Waals surface area contributed by atoms with Gasteiger partial charge >= 0.3 is 0 Å². The second-order valence-electron chi connectivity index (χ2n) is 4.75. The van der Waals surface area contributed by atoms with Gasteiger partial charge in [-0.1, -0.05) is 26.0 Å². The Balaban J connectivity index is 2.09. The average Bonchev–Trinajstić information content (AvgIpc) is 2.84. The van der Waals surface area contributed by atoms with Crippen LogP contribution in [0.5, 0.6) is 0 Å². The number of para-hydroxylation sites is 2. The number of anilines is 1. The van der Waals surface area contributed by atoms with Crippen molar-refractivity contribution in [2.24, 2.45) is 11.1 Å². The van der Waals surface area contributed by atoms with E-state index in [1.165, 1.54) is 0 Å². The van der Waals surface area contributed by atoms with E-state index in [4.69, 9.17) is 10.2 Å². The first-order valence-corrected chi connectivity index (χ1v) is 6.52. The maximum Gasteiger partial charge on any atom is 0.295 e. The van der Waals surface area contributed by atoms with Crippen LogP contribution in [0.1, 0.15) is 26.7 Å². The van der Waals surface area contributed by atoms with Gasteiger partial charge in [0.1, 0.15) is 5.52 Å². The van der Waals surface area contributed by atoms with Crippen LogP contribution < -0.4 is 11.1 Å². The van der Waals surface area contributed by atoms with Crippen molar-refractivity contribution >= 4 is 17.1 Å². The minimum Gasteiger partial charge on any atom is -0.424 e. The summed E-state index contributed by atoms with van der Waals surface area (Å²) in [6.45, 7) is 5.81. The van der Waals surface area contributed by atoms with Crippen molar-refractivity contribution in [1.29, 1.82) is 0 Å². The van der Waals surface area contributed by atoms with Crippen LogP contribution in [0.4, 0.5) is 6.01 Å². The molecule has 1 heterocycles. The highest BCUT2D eigenvalue weighted by atomic mass is 16.4. The summed E-state index contributed by atoms with van der Waals surface area (Å²) in [6, 6.07) is 8.34. The van der Waals surface area contributed by atoms with Gasteiger partial charge in [0, 0.05) is 6.54 Å². The molecule has 0 saturated heterocycles. The molecular weight excluding hydrogens is 226 g/mol. The van der Waals surface area contributed by atoms with E-state index in [0.29, 0.717) is 12.6 Å². The molecule has 0 aliphatic heterocycles. The average molecular weight is 247 g/mol. The molecule has 98 valence electrons. The Bertz CT molecular complexity index is 461. The second-order valence-corrected chi connectivity index (χ2v) is 4.75. The molecule has 3 N–H and O–H groups in total. The Hall–Kier alpha value is -1.55. The zero-order valence-electron chi connectivity index (χ0n) is 11.1. The molecule has 4 heteroatoms. The first-order chi connectivity index (χ1) is 8.73. The third-order valence-corrected chi connectivity index (χ3v) is 3.84. The molecule has 0 spiro atoms. The Morgan fingerprint density at radius 2 is 2.00 bits per heavy atom. The Kier molecular flexibility index (Phi) is 3.87. The SMILES string of the molecule is CCC(CC)(CN)CNc1nc2ccccc2o1. The van der Waals surface area contributed by atoms with Gasteiger partial charge in [0.25, 0.3) is 6.01 Å². The summed E-state index contributed by atoms with van der Waals surface area (Å²) < 4.78 is 5.63. The third-order valence-electron chi connectivity index (χ3n) is 3.84. The zero-order chi connectivity index (χ0) is 13.0. The van der Waals surface area contributed by atoms with Crippen molar-refractivity contribution in [1.82, 2.24) is 4.98 Å². The molecule has 2 aromatic rings. The Labute approximate surface area is 108 Å². The van der Waals surface area contributed by atoms with Gasteiger partial charge in [0.15, 0.2) is 5.58 Å². The maximum absolute atomic E-state index is 5.88. The van der Waals surface area contributed by atoms with Crippen LogP contribution in [-0.4, -0.2) is 18.1 Å². The molecule has 0 unspecified atom stereocenters. The summed E-state index contributed by atoms with van der Waals surface area (Å²) in [5, 5.41) is 3.27. The second kappa shape index (κ2) is 5.40. The number of nitrogens with one attached hydrogen (secondary N) is 1. The summed E-state index contributed by atoms with van der Waals surface area (Å²) in [7, 11) is 0. The lowest BCUT2D eigenvalue weighted by atomic mass is 9.82. The van der Waals surface area contributed by atoms with Crippen LogP contribution in [0, 0.1) is 5.41 Å². The summed E-state index contributed by atoms with van der Waals surface area (Å²) >= 11 is 0. The molecular formula is C14H21N3O. The standard InChI is InChI=1S/C14H21N3O/c1-3-14(4-2,9-15)10-16-13-17-11-7-5-6-8-12(11)18-13/h5-8H,3-4,9-10,15H2,1-2H3,(H,16,17). The lowest BCUT2D eigenvalue weighted by Gasteiger charge is -2.29. The molecule has 0 aliphatic rings. The van der Waals surface area contributed by atoms with Crippen molar-refractivity contribution in [3.05, 3.63) is 24.3 Å². The van der Waals surface area contributed by atoms with Crippen LogP contribution in [0.15, 0.2) is 28.7 Å². The van der Waals surface area contributed by atoms with E-state index in [9.17, 15) is 0 Å². The van der Waals surface area contributed by atoms with Crippen molar-refractivity contribution in [2.45, 2.75) is 26.7 Å². The molecule has 4 nitrogen and oxygen atoms in total. The molecule has 0 bridgehead atoms. The normalized spacial score (nSPS) is 11.9. The Morgan fingerprint density at radius 3 is 2.61 bits per heavy atom. The summed E-state index contributed by atoms with van der Waals surface area (Å²) in [4.78, 5) is 4.40. The molecule has 1 aromatic heterocycles. The largest absolute Gasteiger partial charge is 0.424 e. The fourth-order valence-corrected chi connectivity index (χ4v) is 2.07. The smallest absolute Gasteiger partial charge is 0.295 e. The molecule has 1 aromatic carbocycles. The maximum atomic E-state index is 5.88. The van der Waals surface area contributed by atoms with Crippen LogP contribution in [0.25, 0.3) is 11.1 Å². The molecule has 0 aliphatic carbocycles. The minimum absolute atomic E-state index is 0.126. The van der Waals surface area contributed by atoms with Gasteiger partial charge in [-0.3, -0.25) is 0 Å². The molecule has 0 fully saturated rings. The highest BCUT2D eigenvalue weighted by Gasteiger charge is 2.24. The summed E-state index contributed by atoms with van der Waals surface area (Å²) in [5.74, 6) is 0. The lowest BCUT2D eigenvalue weighted by molar-refractivity contribution is 0.292. The van der Waals surface area contributed by atoms with E-state index in [0.717, 1.165) is 30.5 Å². The van der Waals surface area contributed by atoms with Crippen molar-refractivity contribution in [3.63, 3.8) is 0 Å². The van der Waals surface area contributed by atoms with E-state index >= 15 is 0 Å². The van der Waals surface area contributed by atoms with Crippen molar-refractivity contribution in [2.75, 3.05) is 18.4 Å². The van der Waals surface area contributed by atoms with Gasteiger partial charge < -0.3 is 15.5 Å².